The number of aromatic nitrogens is 1. The van der Waals surface area contributed by atoms with Gasteiger partial charge in [-0.3, -0.25) is 4.98 Å². The van der Waals surface area contributed by atoms with Crippen LogP contribution in [0.3, 0.4) is 0 Å². The van der Waals surface area contributed by atoms with Crippen LogP contribution in [0.2, 0.25) is 0 Å². The van der Waals surface area contributed by atoms with E-state index in [9.17, 15) is 0 Å². The van der Waals surface area contributed by atoms with E-state index in [2.05, 4.69) is 17.1 Å². The first-order valence-electron chi connectivity index (χ1n) is 6.23. The zero-order valence-electron chi connectivity index (χ0n) is 11.5. The van der Waals surface area contributed by atoms with E-state index in [0.29, 0.717) is 0 Å². The molecule has 0 amide bonds. The Hall–Kier alpha value is -1.14. The number of benzene rings is 1. The number of hydrogen-bond donors (Lipinski definition) is 4. The third kappa shape index (κ3) is 6.91. The molecule has 2 rings (SSSR count). The third-order valence-electron chi connectivity index (χ3n) is 2.68. The minimum absolute atomic E-state index is 0. The molecule has 0 spiro atoms. The molecular weight excluding hydrogens is 448 g/mol. The second-order valence-electron chi connectivity index (χ2n) is 4.42. The van der Waals surface area contributed by atoms with Gasteiger partial charge in [0.15, 0.2) is 0 Å². The molecule has 21 heavy (non-hydrogen) atoms. The van der Waals surface area contributed by atoms with Gasteiger partial charge in [-0.1, -0.05) is 36.4 Å². The maximum Gasteiger partial charge on any atom is 0.0856 e. The van der Waals surface area contributed by atoms with Crippen molar-refractivity contribution in [2.24, 2.45) is 5.73 Å². The zero-order valence-corrected chi connectivity index (χ0v) is 13.9. The fourth-order valence-electron chi connectivity index (χ4n) is 1.29. The molecule has 1 aromatic heterocycles. The summed E-state index contributed by atoms with van der Waals surface area (Å²) in [4.78, 5) is 4.25. The molecule has 117 valence electrons. The summed E-state index contributed by atoms with van der Waals surface area (Å²) in [5.41, 5.74) is 6.13. The van der Waals surface area contributed by atoms with Gasteiger partial charge in [-0.15, -0.1) is 0 Å². The molecule has 0 unspecified atom stereocenters. The molecule has 0 aliphatic carbocycles. The summed E-state index contributed by atoms with van der Waals surface area (Å²) >= 11 is 0. The van der Waals surface area contributed by atoms with Gasteiger partial charge in [0.1, 0.15) is 0 Å². The molecule has 1 heterocycles. The monoisotopic (exact) mass is 469 g/mol. The van der Waals surface area contributed by atoms with Crippen molar-refractivity contribution in [2.45, 2.75) is 5.54 Å². The van der Waals surface area contributed by atoms with E-state index in [4.69, 9.17) is 21.1 Å². The van der Waals surface area contributed by atoms with Crippen molar-refractivity contribution in [1.82, 2.24) is 4.98 Å². The van der Waals surface area contributed by atoms with Gasteiger partial charge in [-0.25, -0.2) is 0 Å². The number of pyridine rings is 1. The Kier molecular flexibility index (Phi) is 9.99. The Bertz CT molecular complexity index is 433. The largest absolute Gasteiger partial charge is 0.394 e. The van der Waals surface area contributed by atoms with Crippen LogP contribution in [0.4, 0.5) is 0 Å². The molecule has 0 bridgehead atoms. The third-order valence-corrected chi connectivity index (χ3v) is 2.68. The Labute approximate surface area is 137 Å². The van der Waals surface area contributed by atoms with E-state index in [-0.39, 0.29) is 20.1 Å². The fourth-order valence-corrected chi connectivity index (χ4v) is 1.29. The summed E-state index contributed by atoms with van der Waals surface area (Å²) in [5, 5.41) is 25.0. The molecule has 0 aliphatic rings. The van der Waals surface area contributed by atoms with E-state index in [1.165, 1.54) is 0 Å². The van der Waals surface area contributed by atoms with E-state index in [1.807, 2.05) is 42.6 Å². The molecule has 6 heteroatoms. The van der Waals surface area contributed by atoms with Gasteiger partial charge >= 0.3 is 0 Å². The first kappa shape index (κ1) is 19.9. The van der Waals surface area contributed by atoms with Crippen molar-refractivity contribution in [3.8, 4) is 11.3 Å². The minimum atomic E-state index is -1.21. The normalized spacial score (nSPS) is 10.1. The molecule has 5 N–H and O–H groups in total. The van der Waals surface area contributed by atoms with E-state index in [1.54, 1.807) is 0 Å². The Balaban J connectivity index is 0.000000397. The van der Waals surface area contributed by atoms with Gasteiger partial charge < -0.3 is 21.1 Å². The topological polar surface area (TPSA) is 99.6 Å². The summed E-state index contributed by atoms with van der Waals surface area (Å²) in [5.74, 6) is 0. The standard InChI is InChI=1S/C11H9N.C4H11NO3.Ir/c1-2-6-10(7-3-1)11-8-4-5-9-12-11;5-4(1-6,2-7)3-8;/h1-9H;6-8H,1-3,5H2;. The second kappa shape index (κ2) is 10.6. The smallest absolute Gasteiger partial charge is 0.0856 e. The molecule has 2 aromatic rings. The quantitative estimate of drug-likeness (QED) is 0.521. The van der Waals surface area contributed by atoms with Crippen LogP contribution in [0, 0.1) is 0 Å². The molecule has 0 fully saturated rings. The number of nitrogens with zero attached hydrogens (tertiary/aromatic N) is 1. The van der Waals surface area contributed by atoms with Gasteiger partial charge in [0.25, 0.3) is 0 Å². The van der Waals surface area contributed by atoms with E-state index < -0.39 is 25.4 Å². The van der Waals surface area contributed by atoms with Crippen molar-refractivity contribution in [3.63, 3.8) is 0 Å². The number of nitrogens with two attached hydrogens (primary N) is 1. The average molecular weight is 469 g/mol. The predicted octanol–water partition coefficient (Wildman–Crippen LogP) is 0.407. The van der Waals surface area contributed by atoms with Crippen LogP contribution in [-0.2, 0) is 20.1 Å². The van der Waals surface area contributed by atoms with Crippen LogP contribution in [0.5, 0.6) is 0 Å². The van der Waals surface area contributed by atoms with Crippen LogP contribution < -0.4 is 5.73 Å². The molecule has 0 aliphatic heterocycles. The Morgan fingerprint density at radius 2 is 1.38 bits per heavy atom. The molecule has 5 nitrogen and oxygen atoms in total. The van der Waals surface area contributed by atoms with Crippen LogP contribution in [0.15, 0.2) is 54.7 Å². The maximum absolute atomic E-state index is 8.34. The molecule has 1 radical (unpaired) electrons. The minimum Gasteiger partial charge on any atom is -0.394 e. The van der Waals surface area contributed by atoms with Crippen molar-refractivity contribution in [3.05, 3.63) is 54.7 Å². The van der Waals surface area contributed by atoms with Crippen LogP contribution >= 0.6 is 0 Å². The summed E-state index contributed by atoms with van der Waals surface area (Å²) in [6.45, 7) is -1.21. The summed E-state index contributed by atoms with van der Waals surface area (Å²) in [7, 11) is 0. The van der Waals surface area contributed by atoms with Gasteiger partial charge in [-0.05, 0) is 12.1 Å². The van der Waals surface area contributed by atoms with Crippen LogP contribution in [-0.4, -0.2) is 45.7 Å². The molecule has 0 saturated heterocycles. The van der Waals surface area contributed by atoms with Gasteiger partial charge in [0.05, 0.1) is 31.1 Å². The summed E-state index contributed by atoms with van der Waals surface area (Å²) in [6.07, 6.45) is 1.81. The van der Waals surface area contributed by atoms with Gasteiger partial charge in [0.2, 0.25) is 0 Å². The summed E-state index contributed by atoms with van der Waals surface area (Å²) in [6, 6.07) is 16.1. The Morgan fingerprint density at radius 3 is 1.76 bits per heavy atom. The van der Waals surface area contributed by atoms with Crippen LogP contribution in [0.25, 0.3) is 11.3 Å². The first-order chi connectivity index (χ1) is 9.65. The van der Waals surface area contributed by atoms with Crippen molar-refractivity contribution in [1.29, 1.82) is 0 Å². The van der Waals surface area contributed by atoms with E-state index >= 15 is 0 Å². The average Bonchev–Trinajstić information content (AvgIpc) is 2.56. The second-order valence-corrected chi connectivity index (χ2v) is 4.42. The molecular formula is C15H20IrN2O3. The molecule has 0 atom stereocenters. The van der Waals surface area contributed by atoms with Gasteiger partial charge in [-0.2, -0.15) is 0 Å². The summed E-state index contributed by atoms with van der Waals surface area (Å²) < 4.78 is 0. The Morgan fingerprint density at radius 1 is 0.857 bits per heavy atom. The van der Waals surface area contributed by atoms with E-state index in [0.717, 1.165) is 11.3 Å². The molecule has 0 saturated carbocycles. The number of hydrogen-bond acceptors (Lipinski definition) is 5. The van der Waals surface area contributed by atoms with Crippen molar-refractivity contribution < 1.29 is 35.4 Å². The number of aliphatic hydroxyl groups excluding tert-OH is 3. The van der Waals surface area contributed by atoms with Crippen molar-refractivity contribution in [2.75, 3.05) is 19.8 Å². The number of rotatable bonds is 4. The van der Waals surface area contributed by atoms with Crippen molar-refractivity contribution >= 4 is 0 Å². The zero-order chi connectivity index (χ0) is 14.8. The maximum atomic E-state index is 8.34. The van der Waals surface area contributed by atoms with Crippen LogP contribution in [0.1, 0.15) is 0 Å². The SMILES string of the molecule is NC(CO)(CO)CO.[Ir].c1ccc(-c2ccccn2)cc1. The predicted molar refractivity (Wildman–Crippen MR) is 77.8 cm³/mol. The van der Waals surface area contributed by atoms with Gasteiger partial charge in [0, 0.05) is 31.9 Å². The number of aliphatic hydroxyl groups is 3. The molecule has 1 aromatic carbocycles. The fraction of sp³-hybridized carbons (Fsp3) is 0.267. The first-order valence-corrected chi connectivity index (χ1v) is 6.23.